The smallest absolute Gasteiger partial charge is 0.127 e. The van der Waals surface area contributed by atoms with Crippen LogP contribution in [-0.2, 0) is 13.0 Å². The van der Waals surface area contributed by atoms with E-state index in [2.05, 4.69) is 48.2 Å². The standard InChI is InChI=1S/C22H20FNO/c1-16-13-18-6-2-3-8-22(18)24(16)15-17-5-4-7-21(14-17)25-20-11-9-19(23)10-12-20/h2-12,14,16H,13,15H2,1H3. The first-order valence-corrected chi connectivity index (χ1v) is 8.56. The highest BCUT2D eigenvalue weighted by atomic mass is 19.1. The lowest BCUT2D eigenvalue weighted by atomic mass is 10.1. The second kappa shape index (κ2) is 6.60. The monoisotopic (exact) mass is 333 g/mol. The molecule has 1 unspecified atom stereocenters. The zero-order chi connectivity index (χ0) is 17.2. The summed E-state index contributed by atoms with van der Waals surface area (Å²) >= 11 is 0. The van der Waals surface area contributed by atoms with Gasteiger partial charge >= 0.3 is 0 Å². The lowest BCUT2D eigenvalue weighted by Crippen LogP contribution is -2.28. The van der Waals surface area contributed by atoms with E-state index in [0.29, 0.717) is 11.8 Å². The molecule has 4 rings (SSSR count). The quantitative estimate of drug-likeness (QED) is 0.619. The summed E-state index contributed by atoms with van der Waals surface area (Å²) in [4.78, 5) is 2.44. The van der Waals surface area contributed by atoms with E-state index in [-0.39, 0.29) is 5.82 Å². The summed E-state index contributed by atoms with van der Waals surface area (Å²) < 4.78 is 18.9. The van der Waals surface area contributed by atoms with Gasteiger partial charge in [0.05, 0.1) is 0 Å². The summed E-state index contributed by atoms with van der Waals surface area (Å²) in [5, 5.41) is 0. The molecule has 0 saturated heterocycles. The molecule has 3 aromatic rings. The molecule has 0 radical (unpaired) electrons. The number of anilines is 1. The van der Waals surface area contributed by atoms with Gasteiger partial charge in [-0.3, -0.25) is 0 Å². The van der Waals surface area contributed by atoms with Crippen LogP contribution in [0.5, 0.6) is 11.5 Å². The first-order chi connectivity index (χ1) is 12.2. The highest BCUT2D eigenvalue weighted by Crippen LogP contribution is 2.33. The van der Waals surface area contributed by atoms with Crippen molar-refractivity contribution >= 4 is 5.69 Å². The molecule has 0 fully saturated rings. The van der Waals surface area contributed by atoms with E-state index < -0.39 is 0 Å². The zero-order valence-corrected chi connectivity index (χ0v) is 14.2. The topological polar surface area (TPSA) is 12.5 Å². The summed E-state index contributed by atoms with van der Waals surface area (Å²) in [7, 11) is 0. The summed E-state index contributed by atoms with van der Waals surface area (Å²) in [5.74, 6) is 1.14. The van der Waals surface area contributed by atoms with Crippen molar-refractivity contribution in [1.82, 2.24) is 0 Å². The van der Waals surface area contributed by atoms with Gasteiger partial charge in [0.2, 0.25) is 0 Å². The molecule has 0 spiro atoms. The Morgan fingerprint density at radius 3 is 2.60 bits per heavy atom. The van der Waals surface area contributed by atoms with Gasteiger partial charge in [0.1, 0.15) is 17.3 Å². The zero-order valence-electron chi connectivity index (χ0n) is 14.2. The second-order valence-electron chi connectivity index (χ2n) is 6.51. The highest BCUT2D eigenvalue weighted by molar-refractivity contribution is 5.59. The third-order valence-electron chi connectivity index (χ3n) is 4.65. The number of rotatable bonds is 4. The molecule has 25 heavy (non-hydrogen) atoms. The molecular formula is C22H20FNO. The van der Waals surface area contributed by atoms with Crippen molar-refractivity contribution in [3.63, 3.8) is 0 Å². The van der Waals surface area contributed by atoms with Gasteiger partial charge in [-0.25, -0.2) is 4.39 Å². The minimum atomic E-state index is -0.261. The lowest BCUT2D eigenvalue weighted by molar-refractivity contribution is 0.479. The molecule has 0 N–H and O–H groups in total. The number of ether oxygens (including phenoxy) is 1. The fourth-order valence-corrected chi connectivity index (χ4v) is 3.41. The molecule has 1 aliphatic rings. The third kappa shape index (κ3) is 3.36. The summed E-state index contributed by atoms with van der Waals surface area (Å²) in [5.41, 5.74) is 3.93. The Bertz CT molecular complexity index is 875. The van der Waals surface area contributed by atoms with E-state index in [0.717, 1.165) is 18.7 Å². The van der Waals surface area contributed by atoms with Crippen LogP contribution in [0.4, 0.5) is 10.1 Å². The fraction of sp³-hybridized carbons (Fsp3) is 0.182. The van der Waals surface area contributed by atoms with Gasteiger partial charge in [-0.05, 0) is 66.9 Å². The van der Waals surface area contributed by atoms with Crippen molar-refractivity contribution in [3.8, 4) is 11.5 Å². The lowest BCUT2D eigenvalue weighted by Gasteiger charge is -2.25. The summed E-state index contributed by atoms with van der Waals surface area (Å²) in [6.07, 6.45) is 1.09. The maximum atomic E-state index is 13.0. The van der Waals surface area contributed by atoms with Gasteiger partial charge < -0.3 is 9.64 Å². The van der Waals surface area contributed by atoms with Gasteiger partial charge in [-0.1, -0.05) is 30.3 Å². The molecule has 1 aliphatic heterocycles. The van der Waals surface area contributed by atoms with Crippen LogP contribution < -0.4 is 9.64 Å². The molecule has 1 heterocycles. The largest absolute Gasteiger partial charge is 0.457 e. The number of hydrogen-bond donors (Lipinski definition) is 0. The van der Waals surface area contributed by atoms with E-state index in [4.69, 9.17) is 4.74 Å². The van der Waals surface area contributed by atoms with Crippen LogP contribution in [-0.4, -0.2) is 6.04 Å². The molecule has 0 saturated carbocycles. The number of fused-ring (bicyclic) bond motifs is 1. The molecular weight excluding hydrogens is 313 g/mol. The van der Waals surface area contributed by atoms with Gasteiger partial charge in [-0.15, -0.1) is 0 Å². The summed E-state index contributed by atoms with van der Waals surface area (Å²) in [6.45, 7) is 3.11. The minimum Gasteiger partial charge on any atom is -0.457 e. The van der Waals surface area contributed by atoms with E-state index in [1.165, 1.54) is 28.9 Å². The average Bonchev–Trinajstić information content (AvgIpc) is 2.93. The van der Waals surface area contributed by atoms with E-state index in [1.807, 2.05) is 12.1 Å². The second-order valence-corrected chi connectivity index (χ2v) is 6.51. The van der Waals surface area contributed by atoms with Gasteiger partial charge in [-0.2, -0.15) is 0 Å². The van der Waals surface area contributed by atoms with E-state index in [9.17, 15) is 4.39 Å². The van der Waals surface area contributed by atoms with Crippen molar-refractivity contribution in [2.45, 2.75) is 25.9 Å². The molecule has 0 aromatic heterocycles. The van der Waals surface area contributed by atoms with Crippen molar-refractivity contribution in [2.24, 2.45) is 0 Å². The average molecular weight is 333 g/mol. The fourth-order valence-electron chi connectivity index (χ4n) is 3.41. The molecule has 3 aromatic carbocycles. The van der Waals surface area contributed by atoms with Crippen LogP contribution in [0.15, 0.2) is 72.8 Å². The molecule has 0 amide bonds. The number of nitrogens with zero attached hydrogens (tertiary/aromatic N) is 1. The number of para-hydroxylation sites is 1. The SMILES string of the molecule is CC1Cc2ccccc2N1Cc1cccc(Oc2ccc(F)cc2)c1. The predicted molar refractivity (Wildman–Crippen MR) is 98.7 cm³/mol. The first kappa shape index (κ1) is 15.7. The van der Waals surface area contributed by atoms with E-state index in [1.54, 1.807) is 12.1 Å². The van der Waals surface area contributed by atoms with Crippen LogP contribution in [0.1, 0.15) is 18.1 Å². The number of halogens is 1. The van der Waals surface area contributed by atoms with Crippen molar-refractivity contribution in [1.29, 1.82) is 0 Å². The van der Waals surface area contributed by atoms with Crippen LogP contribution >= 0.6 is 0 Å². The van der Waals surface area contributed by atoms with Crippen LogP contribution in [0, 0.1) is 5.82 Å². The highest BCUT2D eigenvalue weighted by Gasteiger charge is 2.25. The Hall–Kier alpha value is -2.81. The first-order valence-electron chi connectivity index (χ1n) is 8.56. The van der Waals surface area contributed by atoms with Crippen LogP contribution in [0.2, 0.25) is 0 Å². The van der Waals surface area contributed by atoms with Crippen molar-refractivity contribution < 1.29 is 9.13 Å². The van der Waals surface area contributed by atoms with E-state index >= 15 is 0 Å². The van der Waals surface area contributed by atoms with Crippen molar-refractivity contribution in [3.05, 3.63) is 89.7 Å². The number of benzene rings is 3. The summed E-state index contributed by atoms with van der Waals surface area (Å²) in [6, 6.07) is 23.3. The Morgan fingerprint density at radius 1 is 0.960 bits per heavy atom. The minimum absolute atomic E-state index is 0.261. The molecule has 2 nitrogen and oxygen atoms in total. The molecule has 0 aliphatic carbocycles. The third-order valence-corrected chi connectivity index (χ3v) is 4.65. The molecule has 126 valence electrons. The van der Waals surface area contributed by atoms with Crippen LogP contribution in [0.25, 0.3) is 0 Å². The van der Waals surface area contributed by atoms with Crippen molar-refractivity contribution in [2.75, 3.05) is 4.90 Å². The Balaban J connectivity index is 1.53. The Kier molecular flexibility index (Phi) is 4.14. The van der Waals surface area contributed by atoms with Crippen LogP contribution in [0.3, 0.4) is 0 Å². The van der Waals surface area contributed by atoms with Gasteiger partial charge in [0.25, 0.3) is 0 Å². The Morgan fingerprint density at radius 2 is 1.76 bits per heavy atom. The molecule has 1 atom stereocenters. The maximum Gasteiger partial charge on any atom is 0.127 e. The molecule has 3 heteroatoms. The maximum absolute atomic E-state index is 13.0. The normalized spacial score (nSPS) is 15.9. The van der Waals surface area contributed by atoms with Gasteiger partial charge in [0, 0.05) is 18.3 Å². The number of hydrogen-bond acceptors (Lipinski definition) is 2. The molecule has 0 bridgehead atoms. The Labute approximate surface area is 147 Å². The van der Waals surface area contributed by atoms with Gasteiger partial charge in [0.15, 0.2) is 0 Å². The predicted octanol–water partition coefficient (Wildman–Crippen LogP) is 5.57.